The lowest BCUT2D eigenvalue weighted by Crippen LogP contribution is -2.02. The first kappa shape index (κ1) is 10.7. The first-order valence-electron chi connectivity index (χ1n) is 2.70. The molecular weight excluding hydrogens is 276 g/mol. The first-order valence-corrected chi connectivity index (χ1v) is 3.82. The average Bonchev–Trinajstić information content (AvgIpc) is 2.05. The zero-order chi connectivity index (χ0) is 7.40. The van der Waals surface area contributed by atoms with Crippen LogP contribution in [0, 0.1) is 0 Å². The fourth-order valence-electron chi connectivity index (χ4n) is 0.512. The molecule has 5 heteroatoms. The van der Waals surface area contributed by atoms with Crippen molar-refractivity contribution in [2.45, 2.75) is 0 Å². The summed E-state index contributed by atoms with van der Waals surface area (Å²) in [5.41, 5.74) is 0.402. The maximum Gasteiger partial charge on any atom is 0.193 e. The number of aromatic nitrogens is 2. The Labute approximate surface area is 83.1 Å². The van der Waals surface area contributed by atoms with Gasteiger partial charge in [-0.1, -0.05) is 15.9 Å². The second-order valence-electron chi connectivity index (χ2n) is 1.65. The smallest absolute Gasteiger partial charge is 0.193 e. The molecule has 1 aromatic rings. The predicted molar refractivity (Wildman–Crippen MR) is 50.5 cm³/mol. The Hall–Kier alpha value is -0.290. The van der Waals surface area contributed by atoms with Crippen molar-refractivity contribution in [3.05, 3.63) is 24.3 Å². The minimum absolute atomic E-state index is 0. The summed E-state index contributed by atoms with van der Waals surface area (Å²) in [6, 6.07) is 0. The van der Waals surface area contributed by atoms with Gasteiger partial charge in [-0.2, -0.15) is 0 Å². The highest BCUT2D eigenvalue weighted by molar-refractivity contribution is 9.09. The first-order chi connectivity index (χ1) is 4.84. The zero-order valence-electron chi connectivity index (χ0n) is 5.53. The molecule has 0 amide bonds. The standard InChI is InChI=1S/C6H5BrN2O.BrH/c7-3-6(10)5-4-8-1-2-9-5;/h1-2,4H,3H2;1H. The van der Waals surface area contributed by atoms with Gasteiger partial charge in [-0.15, -0.1) is 17.0 Å². The number of rotatable bonds is 2. The maximum absolute atomic E-state index is 10.9. The van der Waals surface area contributed by atoms with Crippen LogP contribution in [-0.4, -0.2) is 21.1 Å². The largest absolute Gasteiger partial charge is 0.291 e. The fourth-order valence-corrected chi connectivity index (χ4v) is 0.799. The van der Waals surface area contributed by atoms with Gasteiger partial charge < -0.3 is 0 Å². The molecule has 0 radical (unpaired) electrons. The maximum atomic E-state index is 10.9. The minimum atomic E-state index is -0.0481. The highest BCUT2D eigenvalue weighted by Crippen LogP contribution is 1.94. The van der Waals surface area contributed by atoms with Crippen LogP contribution in [0.3, 0.4) is 0 Å². The van der Waals surface area contributed by atoms with Crippen LogP contribution < -0.4 is 0 Å². The number of ketones is 1. The number of nitrogens with zero attached hydrogens (tertiary/aromatic N) is 2. The molecule has 0 aliphatic carbocycles. The molecule has 0 saturated carbocycles. The number of alkyl halides is 1. The van der Waals surface area contributed by atoms with Gasteiger partial charge in [0.05, 0.1) is 11.5 Å². The highest BCUT2D eigenvalue weighted by Gasteiger charge is 2.02. The molecule has 0 aliphatic rings. The van der Waals surface area contributed by atoms with Crippen molar-refractivity contribution in [3.63, 3.8) is 0 Å². The summed E-state index contributed by atoms with van der Waals surface area (Å²) in [7, 11) is 0. The van der Waals surface area contributed by atoms with Crippen LogP contribution in [0.1, 0.15) is 10.5 Å². The number of halogens is 2. The zero-order valence-corrected chi connectivity index (χ0v) is 8.83. The van der Waals surface area contributed by atoms with E-state index in [1.54, 1.807) is 0 Å². The number of hydrogen-bond acceptors (Lipinski definition) is 3. The van der Waals surface area contributed by atoms with Crippen LogP contribution in [0.2, 0.25) is 0 Å². The van der Waals surface area contributed by atoms with E-state index in [1.165, 1.54) is 18.6 Å². The van der Waals surface area contributed by atoms with E-state index in [-0.39, 0.29) is 22.8 Å². The van der Waals surface area contributed by atoms with E-state index < -0.39 is 0 Å². The van der Waals surface area contributed by atoms with Gasteiger partial charge in [0, 0.05) is 12.4 Å². The van der Waals surface area contributed by atoms with Gasteiger partial charge in [-0.25, -0.2) is 4.98 Å². The SMILES string of the molecule is Br.O=C(CBr)c1cnccn1. The van der Waals surface area contributed by atoms with Crippen LogP contribution in [0.25, 0.3) is 0 Å². The van der Waals surface area contributed by atoms with Gasteiger partial charge in [0.2, 0.25) is 0 Å². The van der Waals surface area contributed by atoms with Crippen molar-refractivity contribution in [3.8, 4) is 0 Å². The van der Waals surface area contributed by atoms with E-state index in [0.717, 1.165) is 0 Å². The molecule has 0 unspecified atom stereocenters. The van der Waals surface area contributed by atoms with E-state index >= 15 is 0 Å². The molecule has 60 valence electrons. The molecule has 0 N–H and O–H groups in total. The molecule has 0 bridgehead atoms. The number of carbonyl (C=O) groups is 1. The van der Waals surface area contributed by atoms with Gasteiger partial charge in [0.15, 0.2) is 5.78 Å². The Morgan fingerprint density at radius 1 is 1.55 bits per heavy atom. The Balaban J connectivity index is 0.000001000. The van der Waals surface area contributed by atoms with Crippen molar-refractivity contribution in [2.24, 2.45) is 0 Å². The van der Waals surface area contributed by atoms with E-state index in [2.05, 4.69) is 25.9 Å². The lowest BCUT2D eigenvalue weighted by atomic mass is 10.3. The molecule has 0 aromatic carbocycles. The second-order valence-corrected chi connectivity index (χ2v) is 2.21. The third-order valence-corrected chi connectivity index (χ3v) is 1.48. The Morgan fingerprint density at radius 3 is 2.73 bits per heavy atom. The summed E-state index contributed by atoms with van der Waals surface area (Å²) < 4.78 is 0. The lowest BCUT2D eigenvalue weighted by molar-refractivity contribution is 0.101. The van der Waals surface area contributed by atoms with Crippen LogP contribution in [0.5, 0.6) is 0 Å². The third-order valence-electron chi connectivity index (χ3n) is 0.970. The normalized spacial score (nSPS) is 8.45. The molecule has 1 heterocycles. The molecule has 1 aromatic heterocycles. The molecular formula is C6H6Br2N2O. The summed E-state index contributed by atoms with van der Waals surface area (Å²) in [6.07, 6.45) is 4.48. The summed E-state index contributed by atoms with van der Waals surface area (Å²) >= 11 is 3.03. The molecule has 0 spiro atoms. The van der Waals surface area contributed by atoms with E-state index in [9.17, 15) is 4.79 Å². The fraction of sp³-hybridized carbons (Fsp3) is 0.167. The average molecular weight is 282 g/mol. The molecule has 1 rings (SSSR count). The van der Waals surface area contributed by atoms with E-state index in [1.807, 2.05) is 0 Å². The van der Waals surface area contributed by atoms with Crippen molar-refractivity contribution in [1.82, 2.24) is 9.97 Å². The van der Waals surface area contributed by atoms with Crippen LogP contribution in [0.15, 0.2) is 18.6 Å². The topological polar surface area (TPSA) is 42.9 Å². The molecule has 0 atom stereocenters. The predicted octanol–water partition coefficient (Wildman–Crippen LogP) is 1.63. The minimum Gasteiger partial charge on any atom is -0.291 e. The Kier molecular flexibility index (Phi) is 5.23. The third kappa shape index (κ3) is 3.07. The monoisotopic (exact) mass is 280 g/mol. The van der Waals surface area contributed by atoms with Crippen molar-refractivity contribution in [1.29, 1.82) is 0 Å². The van der Waals surface area contributed by atoms with Gasteiger partial charge in [-0.3, -0.25) is 9.78 Å². The quantitative estimate of drug-likeness (QED) is 0.611. The van der Waals surface area contributed by atoms with Crippen LogP contribution in [-0.2, 0) is 0 Å². The summed E-state index contributed by atoms with van der Waals surface area (Å²) in [4.78, 5) is 18.4. The van der Waals surface area contributed by atoms with E-state index in [0.29, 0.717) is 11.0 Å². The van der Waals surface area contributed by atoms with Gasteiger partial charge in [0.25, 0.3) is 0 Å². The summed E-state index contributed by atoms with van der Waals surface area (Å²) in [5, 5.41) is 0.297. The van der Waals surface area contributed by atoms with Crippen molar-refractivity contribution < 1.29 is 4.79 Å². The van der Waals surface area contributed by atoms with Crippen molar-refractivity contribution in [2.75, 3.05) is 5.33 Å². The number of hydrogen-bond donors (Lipinski definition) is 0. The molecule has 0 fully saturated rings. The molecule has 0 saturated heterocycles. The Bertz CT molecular complexity index is 227. The summed E-state index contributed by atoms with van der Waals surface area (Å²) in [5.74, 6) is -0.0481. The number of carbonyl (C=O) groups excluding carboxylic acids is 1. The Morgan fingerprint density at radius 2 is 2.27 bits per heavy atom. The summed E-state index contributed by atoms with van der Waals surface area (Å²) in [6.45, 7) is 0. The number of Topliss-reactive ketones (excluding diaryl/α,β-unsaturated/α-hetero) is 1. The van der Waals surface area contributed by atoms with E-state index in [4.69, 9.17) is 0 Å². The van der Waals surface area contributed by atoms with Crippen LogP contribution in [0.4, 0.5) is 0 Å². The molecule has 3 nitrogen and oxygen atoms in total. The highest BCUT2D eigenvalue weighted by atomic mass is 79.9. The molecule has 0 aliphatic heterocycles. The molecule has 11 heavy (non-hydrogen) atoms. The van der Waals surface area contributed by atoms with Gasteiger partial charge in [-0.05, 0) is 0 Å². The van der Waals surface area contributed by atoms with Gasteiger partial charge >= 0.3 is 0 Å². The second kappa shape index (κ2) is 5.37. The van der Waals surface area contributed by atoms with Crippen molar-refractivity contribution >= 4 is 38.7 Å². The van der Waals surface area contributed by atoms with Crippen LogP contribution >= 0.6 is 32.9 Å². The van der Waals surface area contributed by atoms with Gasteiger partial charge in [0.1, 0.15) is 5.69 Å². The lowest BCUT2D eigenvalue weighted by Gasteiger charge is -1.91.